The molecule has 106 valence electrons. The zero-order valence-corrected chi connectivity index (χ0v) is 11.4. The van der Waals surface area contributed by atoms with Crippen LogP contribution in [0.1, 0.15) is 42.7 Å². The van der Waals surface area contributed by atoms with Gasteiger partial charge < -0.3 is 20.3 Å². The van der Waals surface area contributed by atoms with Crippen LogP contribution in [0.5, 0.6) is 0 Å². The summed E-state index contributed by atoms with van der Waals surface area (Å²) in [5.41, 5.74) is 0.750. The third-order valence-corrected chi connectivity index (χ3v) is 3.51. The Morgan fingerprint density at radius 2 is 2.32 bits per heavy atom. The van der Waals surface area contributed by atoms with Crippen molar-refractivity contribution in [1.82, 2.24) is 15.2 Å². The summed E-state index contributed by atoms with van der Waals surface area (Å²) in [5.74, 6) is -0.0178. The van der Waals surface area contributed by atoms with Crippen LogP contribution in [0.3, 0.4) is 0 Å². The molecule has 1 aliphatic rings. The van der Waals surface area contributed by atoms with Crippen molar-refractivity contribution in [2.24, 2.45) is 0 Å². The largest absolute Gasteiger partial charge is 0.392 e. The van der Waals surface area contributed by atoms with Crippen LogP contribution >= 0.6 is 0 Å². The lowest BCUT2D eigenvalue weighted by molar-refractivity contribution is 0.0938. The maximum Gasteiger partial charge on any atom is 0.267 e. The molecule has 19 heavy (non-hydrogen) atoms. The lowest BCUT2D eigenvalue weighted by atomic mass is 9.93. The van der Waals surface area contributed by atoms with Gasteiger partial charge in [-0.1, -0.05) is 0 Å². The topological polar surface area (TPSA) is 66.3 Å². The van der Waals surface area contributed by atoms with Crippen LogP contribution in [0.4, 0.5) is 0 Å². The number of rotatable bonds is 7. The van der Waals surface area contributed by atoms with Crippen molar-refractivity contribution in [1.29, 1.82) is 0 Å². The molecule has 2 rings (SSSR count). The van der Waals surface area contributed by atoms with E-state index in [2.05, 4.69) is 15.2 Å². The molecule has 0 bridgehead atoms. The van der Waals surface area contributed by atoms with Crippen LogP contribution in [0.25, 0.3) is 0 Å². The van der Waals surface area contributed by atoms with E-state index in [4.69, 9.17) is 5.11 Å². The van der Waals surface area contributed by atoms with Crippen molar-refractivity contribution >= 4 is 5.91 Å². The van der Waals surface area contributed by atoms with Crippen LogP contribution in [0.15, 0.2) is 18.3 Å². The maximum absolute atomic E-state index is 12.1. The molecule has 1 heterocycles. The monoisotopic (exact) mass is 265 g/mol. The van der Waals surface area contributed by atoms with Gasteiger partial charge in [-0.25, -0.2) is 0 Å². The molecule has 1 aromatic rings. The second-order valence-electron chi connectivity index (χ2n) is 5.19. The number of aromatic nitrogens is 1. The van der Waals surface area contributed by atoms with Crippen molar-refractivity contribution in [3.05, 3.63) is 24.0 Å². The van der Waals surface area contributed by atoms with E-state index in [9.17, 15) is 4.79 Å². The second-order valence-corrected chi connectivity index (χ2v) is 5.19. The molecule has 0 aromatic carbocycles. The van der Waals surface area contributed by atoms with Gasteiger partial charge in [0.25, 0.3) is 5.91 Å². The lowest BCUT2D eigenvalue weighted by Gasteiger charge is -2.28. The summed E-state index contributed by atoms with van der Waals surface area (Å²) in [7, 11) is 0. The Balaban J connectivity index is 1.75. The molecule has 1 fully saturated rings. The Labute approximate surface area is 114 Å². The molecular formula is C14H23N3O2. The van der Waals surface area contributed by atoms with E-state index in [0.29, 0.717) is 25.7 Å². The van der Waals surface area contributed by atoms with Crippen molar-refractivity contribution in [3.8, 4) is 0 Å². The number of carbonyl (C=O) groups excluding carboxylic acids is 1. The quantitative estimate of drug-likeness (QED) is 0.642. The fourth-order valence-electron chi connectivity index (χ4n) is 2.24. The number of hydrogen-bond acceptors (Lipinski definition) is 3. The van der Waals surface area contributed by atoms with Gasteiger partial charge >= 0.3 is 0 Å². The summed E-state index contributed by atoms with van der Waals surface area (Å²) in [4.78, 5) is 12.1. The minimum Gasteiger partial charge on any atom is -0.392 e. The Kier molecular flexibility index (Phi) is 4.99. The normalized spacial score (nSPS) is 16.9. The van der Waals surface area contributed by atoms with Gasteiger partial charge in [0.15, 0.2) is 0 Å². The molecule has 0 radical (unpaired) electrons. The third-order valence-electron chi connectivity index (χ3n) is 3.51. The summed E-state index contributed by atoms with van der Waals surface area (Å²) >= 11 is 0. The van der Waals surface area contributed by atoms with Gasteiger partial charge in [-0.15, -0.1) is 0 Å². The molecular weight excluding hydrogens is 242 g/mol. The van der Waals surface area contributed by atoms with Gasteiger partial charge in [-0.05, 0) is 38.3 Å². The third kappa shape index (κ3) is 3.81. The molecule has 1 atom stereocenters. The molecule has 1 saturated carbocycles. The van der Waals surface area contributed by atoms with E-state index in [0.717, 1.165) is 5.69 Å². The lowest BCUT2D eigenvalue weighted by Crippen LogP contribution is -2.35. The Morgan fingerprint density at radius 3 is 2.95 bits per heavy atom. The Hall–Kier alpha value is -1.33. The highest BCUT2D eigenvalue weighted by Gasteiger charge is 2.22. The van der Waals surface area contributed by atoms with E-state index < -0.39 is 0 Å². The minimum atomic E-state index is -0.355. The average Bonchev–Trinajstić information content (AvgIpc) is 2.74. The summed E-state index contributed by atoms with van der Waals surface area (Å²) in [5, 5.41) is 15.1. The van der Waals surface area contributed by atoms with Crippen LogP contribution in [0.2, 0.25) is 0 Å². The highest BCUT2D eigenvalue weighted by atomic mass is 16.3. The Bertz CT molecular complexity index is 411. The smallest absolute Gasteiger partial charge is 0.267 e. The van der Waals surface area contributed by atoms with E-state index >= 15 is 0 Å². The zero-order valence-electron chi connectivity index (χ0n) is 11.4. The van der Waals surface area contributed by atoms with Gasteiger partial charge in [0.2, 0.25) is 0 Å². The summed E-state index contributed by atoms with van der Waals surface area (Å²) in [6, 6.07) is 4.31. The van der Waals surface area contributed by atoms with Crippen molar-refractivity contribution < 1.29 is 9.90 Å². The molecule has 0 aliphatic heterocycles. The van der Waals surface area contributed by atoms with E-state index in [1.165, 1.54) is 19.3 Å². The first-order valence-corrected chi connectivity index (χ1v) is 7.02. The molecule has 5 nitrogen and oxygen atoms in total. The number of nitrogens with zero attached hydrogens (tertiary/aromatic N) is 1. The first-order chi connectivity index (χ1) is 9.18. The zero-order chi connectivity index (χ0) is 13.7. The van der Waals surface area contributed by atoms with E-state index in [1.54, 1.807) is 6.92 Å². The number of amides is 1. The number of aliphatic hydroxyl groups is 1. The predicted molar refractivity (Wildman–Crippen MR) is 74.2 cm³/mol. The number of carbonyl (C=O) groups is 1. The van der Waals surface area contributed by atoms with Crippen LogP contribution in [-0.4, -0.2) is 41.3 Å². The SMILES string of the molecule is CC(O)CNCCNC(=O)c1cccn1C1CCC1. The summed E-state index contributed by atoms with van der Waals surface area (Å²) < 4.78 is 2.09. The highest BCUT2D eigenvalue weighted by molar-refractivity contribution is 5.92. The van der Waals surface area contributed by atoms with Gasteiger partial charge in [-0.2, -0.15) is 0 Å². The number of aliphatic hydroxyl groups excluding tert-OH is 1. The fourth-order valence-corrected chi connectivity index (χ4v) is 2.24. The van der Waals surface area contributed by atoms with E-state index in [1.807, 2.05) is 18.3 Å². The average molecular weight is 265 g/mol. The summed E-state index contributed by atoms with van der Waals surface area (Å²) in [6.45, 7) is 3.52. The van der Waals surface area contributed by atoms with Crippen LogP contribution in [-0.2, 0) is 0 Å². The van der Waals surface area contributed by atoms with Gasteiger partial charge in [0.05, 0.1) is 6.10 Å². The predicted octanol–water partition coefficient (Wildman–Crippen LogP) is 0.913. The molecule has 3 N–H and O–H groups in total. The van der Waals surface area contributed by atoms with Gasteiger partial charge in [0.1, 0.15) is 5.69 Å². The second kappa shape index (κ2) is 6.73. The first-order valence-electron chi connectivity index (χ1n) is 7.02. The van der Waals surface area contributed by atoms with Gasteiger partial charge in [-0.3, -0.25) is 4.79 Å². The van der Waals surface area contributed by atoms with Crippen molar-refractivity contribution in [2.45, 2.75) is 38.3 Å². The molecule has 1 amide bonds. The van der Waals surface area contributed by atoms with Gasteiger partial charge in [0, 0.05) is 31.9 Å². The maximum atomic E-state index is 12.1. The van der Waals surface area contributed by atoms with Crippen molar-refractivity contribution in [3.63, 3.8) is 0 Å². The highest BCUT2D eigenvalue weighted by Crippen LogP contribution is 2.32. The van der Waals surface area contributed by atoms with Crippen molar-refractivity contribution in [2.75, 3.05) is 19.6 Å². The number of nitrogens with one attached hydrogen (secondary N) is 2. The van der Waals surface area contributed by atoms with E-state index in [-0.39, 0.29) is 12.0 Å². The molecule has 1 aliphatic carbocycles. The molecule has 1 unspecified atom stereocenters. The van der Waals surface area contributed by atoms with Crippen LogP contribution in [0, 0.1) is 0 Å². The van der Waals surface area contributed by atoms with Crippen LogP contribution < -0.4 is 10.6 Å². The fraction of sp³-hybridized carbons (Fsp3) is 0.643. The standard InChI is InChI=1S/C14H23N3O2/c1-11(18)10-15-7-8-16-14(19)13-6-3-9-17(13)12-4-2-5-12/h3,6,9,11-12,15,18H,2,4-5,7-8,10H2,1H3,(H,16,19). The first kappa shape index (κ1) is 14.1. The summed E-state index contributed by atoms with van der Waals surface area (Å²) in [6.07, 6.45) is 5.24. The molecule has 5 heteroatoms. The molecule has 0 spiro atoms. The minimum absolute atomic E-state index is 0.0178. The number of hydrogen-bond donors (Lipinski definition) is 3. The Morgan fingerprint density at radius 1 is 1.53 bits per heavy atom. The molecule has 1 aromatic heterocycles. The molecule has 0 saturated heterocycles.